The maximum absolute atomic E-state index is 13.1. The van der Waals surface area contributed by atoms with E-state index in [0.29, 0.717) is 0 Å². The second-order valence-electron chi connectivity index (χ2n) is 6.10. The number of benzene rings is 2. The van der Waals surface area contributed by atoms with Gasteiger partial charge in [-0.05, 0) is 43.3 Å². The number of aromatic nitrogens is 2. The summed E-state index contributed by atoms with van der Waals surface area (Å²) in [5, 5.41) is 4.84. The lowest BCUT2D eigenvalue weighted by Crippen LogP contribution is -2.15. The molecule has 0 aliphatic rings. The maximum atomic E-state index is 13.1. The number of imidazole rings is 1. The van der Waals surface area contributed by atoms with Crippen LogP contribution in [0.3, 0.4) is 0 Å². The molecule has 4 rings (SSSR count). The molecule has 2 aromatic carbocycles. The summed E-state index contributed by atoms with van der Waals surface area (Å²) in [5.74, 6) is -0.353. The largest absolute Gasteiger partial charge is 0.326 e. The van der Waals surface area contributed by atoms with Crippen molar-refractivity contribution >= 4 is 27.9 Å². The molecule has 1 N–H and O–H groups in total. The van der Waals surface area contributed by atoms with E-state index >= 15 is 0 Å². The first-order chi connectivity index (χ1) is 12.6. The van der Waals surface area contributed by atoms with E-state index in [1.54, 1.807) is 12.1 Å². The number of hydrogen-bond donors (Lipinski definition) is 1. The van der Waals surface area contributed by atoms with Gasteiger partial charge >= 0.3 is 0 Å². The van der Waals surface area contributed by atoms with E-state index in [4.69, 9.17) is 0 Å². The van der Waals surface area contributed by atoms with Crippen LogP contribution in [0, 0.1) is 12.7 Å². The van der Waals surface area contributed by atoms with Gasteiger partial charge < -0.3 is 5.32 Å². The SMILES string of the molecule is Cc1ccc(NC(=O)Cc2csc3nc(-c4ccc(F)cc4)cn23)cc1. The number of fused-ring (bicyclic) bond motifs is 1. The van der Waals surface area contributed by atoms with E-state index in [1.807, 2.05) is 47.2 Å². The van der Waals surface area contributed by atoms with Crippen molar-refractivity contribution in [3.05, 3.63) is 77.2 Å². The third kappa shape index (κ3) is 3.36. The fraction of sp³-hybridized carbons (Fsp3) is 0.100. The number of halogens is 1. The average Bonchev–Trinajstić information content (AvgIpc) is 3.20. The third-order valence-corrected chi connectivity index (χ3v) is 4.99. The van der Waals surface area contributed by atoms with Crippen LogP contribution in [-0.2, 0) is 11.2 Å². The molecule has 0 unspecified atom stereocenters. The third-order valence-electron chi connectivity index (χ3n) is 4.10. The Kier molecular flexibility index (Phi) is 4.26. The van der Waals surface area contributed by atoms with Crippen molar-refractivity contribution in [2.24, 2.45) is 0 Å². The number of nitrogens with one attached hydrogen (secondary N) is 1. The second-order valence-corrected chi connectivity index (χ2v) is 6.94. The number of anilines is 1. The van der Waals surface area contributed by atoms with Gasteiger partial charge in [-0.3, -0.25) is 9.20 Å². The van der Waals surface area contributed by atoms with Crippen molar-refractivity contribution in [1.29, 1.82) is 0 Å². The average molecular weight is 365 g/mol. The van der Waals surface area contributed by atoms with Crippen molar-refractivity contribution < 1.29 is 9.18 Å². The molecule has 130 valence electrons. The van der Waals surface area contributed by atoms with Crippen molar-refractivity contribution in [1.82, 2.24) is 9.38 Å². The van der Waals surface area contributed by atoms with Gasteiger partial charge in [0.15, 0.2) is 4.96 Å². The number of rotatable bonds is 4. The molecular formula is C20H16FN3OS. The van der Waals surface area contributed by atoms with Crippen LogP contribution in [0.4, 0.5) is 10.1 Å². The molecule has 26 heavy (non-hydrogen) atoms. The fourth-order valence-corrected chi connectivity index (χ4v) is 3.60. The van der Waals surface area contributed by atoms with E-state index < -0.39 is 0 Å². The highest BCUT2D eigenvalue weighted by Crippen LogP contribution is 2.24. The Morgan fingerprint density at radius 1 is 1.15 bits per heavy atom. The minimum atomic E-state index is -0.275. The molecule has 4 nitrogen and oxygen atoms in total. The van der Waals surface area contributed by atoms with Gasteiger partial charge in [0.05, 0.1) is 12.1 Å². The van der Waals surface area contributed by atoms with Crippen LogP contribution in [0.25, 0.3) is 16.2 Å². The van der Waals surface area contributed by atoms with Gasteiger partial charge in [0.1, 0.15) is 5.82 Å². The molecule has 0 atom stereocenters. The zero-order chi connectivity index (χ0) is 18.1. The zero-order valence-electron chi connectivity index (χ0n) is 14.1. The molecule has 2 aromatic heterocycles. The molecule has 0 spiro atoms. The van der Waals surface area contributed by atoms with E-state index in [0.717, 1.165) is 33.2 Å². The van der Waals surface area contributed by atoms with Gasteiger partial charge in [-0.1, -0.05) is 17.7 Å². The lowest BCUT2D eigenvalue weighted by molar-refractivity contribution is -0.115. The van der Waals surface area contributed by atoms with Crippen LogP contribution in [-0.4, -0.2) is 15.3 Å². The number of amides is 1. The van der Waals surface area contributed by atoms with Gasteiger partial charge in [0.2, 0.25) is 5.91 Å². The molecule has 0 fully saturated rings. The number of thiazole rings is 1. The predicted octanol–water partition coefficient (Wildman–Crippen LogP) is 4.69. The summed E-state index contributed by atoms with van der Waals surface area (Å²) < 4.78 is 15.0. The molecule has 1 amide bonds. The minimum absolute atomic E-state index is 0.0782. The number of carbonyl (C=O) groups is 1. The number of aryl methyl sites for hydroxylation is 1. The first-order valence-electron chi connectivity index (χ1n) is 8.16. The molecule has 0 saturated carbocycles. The van der Waals surface area contributed by atoms with Crippen molar-refractivity contribution in [3.8, 4) is 11.3 Å². The van der Waals surface area contributed by atoms with Crippen LogP contribution in [0.5, 0.6) is 0 Å². The van der Waals surface area contributed by atoms with Crippen molar-refractivity contribution in [3.63, 3.8) is 0 Å². The summed E-state index contributed by atoms with van der Waals surface area (Å²) in [5.41, 5.74) is 4.41. The van der Waals surface area contributed by atoms with Crippen LogP contribution in [0.15, 0.2) is 60.1 Å². The Morgan fingerprint density at radius 3 is 2.62 bits per heavy atom. The number of nitrogens with zero attached hydrogens (tertiary/aromatic N) is 2. The first-order valence-corrected chi connectivity index (χ1v) is 9.04. The summed E-state index contributed by atoms with van der Waals surface area (Å²) >= 11 is 1.48. The lowest BCUT2D eigenvalue weighted by Gasteiger charge is -2.05. The lowest BCUT2D eigenvalue weighted by atomic mass is 10.2. The first kappa shape index (κ1) is 16.5. The summed E-state index contributed by atoms with van der Waals surface area (Å²) in [6.45, 7) is 2.01. The molecule has 0 aliphatic carbocycles. The molecule has 2 heterocycles. The quantitative estimate of drug-likeness (QED) is 0.570. The Hall–Kier alpha value is -2.99. The minimum Gasteiger partial charge on any atom is -0.326 e. The van der Waals surface area contributed by atoms with Crippen molar-refractivity contribution in [2.75, 3.05) is 5.32 Å². The monoisotopic (exact) mass is 365 g/mol. The Bertz CT molecular complexity index is 1060. The molecule has 0 radical (unpaired) electrons. The van der Waals surface area contributed by atoms with Gasteiger partial charge in [-0.25, -0.2) is 9.37 Å². The van der Waals surface area contributed by atoms with Gasteiger partial charge in [0, 0.05) is 28.5 Å². The zero-order valence-corrected chi connectivity index (χ0v) is 14.9. The van der Waals surface area contributed by atoms with Crippen LogP contribution < -0.4 is 5.32 Å². The predicted molar refractivity (Wildman–Crippen MR) is 102 cm³/mol. The molecule has 0 bridgehead atoms. The van der Waals surface area contributed by atoms with E-state index in [9.17, 15) is 9.18 Å². The normalized spacial score (nSPS) is 11.0. The molecule has 4 aromatic rings. The summed E-state index contributed by atoms with van der Waals surface area (Å²) in [4.78, 5) is 17.7. The highest BCUT2D eigenvalue weighted by molar-refractivity contribution is 7.15. The highest BCUT2D eigenvalue weighted by Gasteiger charge is 2.13. The smallest absolute Gasteiger partial charge is 0.230 e. The van der Waals surface area contributed by atoms with Gasteiger partial charge in [0.25, 0.3) is 0 Å². The van der Waals surface area contributed by atoms with E-state index in [-0.39, 0.29) is 18.1 Å². The molecule has 0 aliphatic heterocycles. The van der Waals surface area contributed by atoms with Gasteiger partial charge in [-0.2, -0.15) is 0 Å². The summed E-state index contributed by atoms with van der Waals surface area (Å²) in [6, 6.07) is 13.9. The number of hydrogen-bond acceptors (Lipinski definition) is 3. The summed E-state index contributed by atoms with van der Waals surface area (Å²) in [6.07, 6.45) is 2.14. The maximum Gasteiger partial charge on any atom is 0.230 e. The highest BCUT2D eigenvalue weighted by atomic mass is 32.1. The fourth-order valence-electron chi connectivity index (χ4n) is 2.72. The van der Waals surface area contributed by atoms with Crippen molar-refractivity contribution in [2.45, 2.75) is 13.3 Å². The van der Waals surface area contributed by atoms with Crippen LogP contribution in [0.2, 0.25) is 0 Å². The topological polar surface area (TPSA) is 46.4 Å². The summed E-state index contributed by atoms with van der Waals surface area (Å²) in [7, 11) is 0. The Labute approximate surface area is 153 Å². The Balaban J connectivity index is 1.54. The molecule has 6 heteroatoms. The van der Waals surface area contributed by atoms with Crippen LogP contribution >= 0.6 is 11.3 Å². The van der Waals surface area contributed by atoms with E-state index in [1.165, 1.54) is 23.5 Å². The molecule has 0 saturated heterocycles. The van der Waals surface area contributed by atoms with Gasteiger partial charge in [-0.15, -0.1) is 11.3 Å². The van der Waals surface area contributed by atoms with E-state index in [2.05, 4.69) is 10.3 Å². The van der Waals surface area contributed by atoms with Crippen LogP contribution in [0.1, 0.15) is 11.3 Å². The standard InChI is InChI=1S/C20H16FN3OS/c1-13-2-8-16(9-3-13)22-19(25)10-17-12-26-20-23-18(11-24(17)20)14-4-6-15(21)7-5-14/h2-9,11-12H,10H2,1H3,(H,22,25). The Morgan fingerprint density at radius 2 is 1.88 bits per heavy atom. The second kappa shape index (κ2) is 6.72. The number of carbonyl (C=O) groups excluding carboxylic acids is 1. The molecular weight excluding hydrogens is 349 g/mol.